The van der Waals surface area contributed by atoms with Crippen molar-refractivity contribution in [2.45, 2.75) is 52.5 Å². The van der Waals surface area contributed by atoms with Gasteiger partial charge in [-0.15, -0.1) is 0 Å². The lowest BCUT2D eigenvalue weighted by Crippen LogP contribution is -2.33. The van der Waals surface area contributed by atoms with Gasteiger partial charge in [0.1, 0.15) is 4.60 Å². The molecule has 1 aromatic heterocycles. The number of aromatic nitrogens is 2. The number of halogens is 1. The Bertz CT molecular complexity index is 737. The summed E-state index contributed by atoms with van der Waals surface area (Å²) in [5.74, 6) is 0.739. The summed E-state index contributed by atoms with van der Waals surface area (Å²) in [6.07, 6.45) is 4.43. The lowest BCUT2D eigenvalue weighted by molar-refractivity contribution is 0.146. The molecule has 1 saturated carbocycles. The zero-order valence-corrected chi connectivity index (χ0v) is 15.1. The van der Waals surface area contributed by atoms with Crippen molar-refractivity contribution in [3.05, 3.63) is 39.2 Å². The van der Waals surface area contributed by atoms with Gasteiger partial charge in [-0.3, -0.25) is 4.79 Å². The third kappa shape index (κ3) is 2.85. The molecule has 1 heterocycles. The normalized spacial score (nSPS) is 22.9. The van der Waals surface area contributed by atoms with Crippen LogP contribution < -0.4 is 5.56 Å². The quantitative estimate of drug-likeness (QED) is 0.720. The highest BCUT2D eigenvalue weighted by Gasteiger charge is 2.31. The summed E-state index contributed by atoms with van der Waals surface area (Å²) in [5.41, 5.74) is 0.394. The highest BCUT2D eigenvalue weighted by atomic mass is 79.9. The second-order valence-corrected chi connectivity index (χ2v) is 8.21. The van der Waals surface area contributed by atoms with E-state index < -0.39 is 0 Å². The molecule has 3 nitrogen and oxygen atoms in total. The van der Waals surface area contributed by atoms with Gasteiger partial charge in [-0.05, 0) is 59.0 Å². The van der Waals surface area contributed by atoms with Gasteiger partial charge in [-0.25, -0.2) is 4.68 Å². The first-order valence-electron chi connectivity index (χ1n) is 8.05. The van der Waals surface area contributed by atoms with E-state index in [4.69, 9.17) is 0 Å². The van der Waals surface area contributed by atoms with E-state index in [-0.39, 0.29) is 11.6 Å². The molecule has 0 bridgehead atoms. The molecule has 0 saturated heterocycles. The maximum atomic E-state index is 12.7. The molecule has 1 fully saturated rings. The highest BCUT2D eigenvalue weighted by molar-refractivity contribution is 9.10. The summed E-state index contributed by atoms with van der Waals surface area (Å²) in [6.45, 7) is 6.94. The van der Waals surface area contributed by atoms with Crippen molar-refractivity contribution in [2.24, 2.45) is 11.3 Å². The second-order valence-electron chi connectivity index (χ2n) is 7.46. The lowest BCUT2D eigenvalue weighted by atomic mass is 9.71. The van der Waals surface area contributed by atoms with Crippen LogP contribution in [0.3, 0.4) is 0 Å². The molecule has 0 amide bonds. The molecule has 1 aromatic carbocycles. The number of benzene rings is 1. The number of hydrogen-bond acceptors (Lipinski definition) is 2. The summed E-state index contributed by atoms with van der Waals surface area (Å²) >= 11 is 3.52. The monoisotopic (exact) mass is 362 g/mol. The molecule has 3 rings (SSSR count). The fourth-order valence-corrected chi connectivity index (χ4v) is 4.12. The van der Waals surface area contributed by atoms with Crippen molar-refractivity contribution >= 4 is 26.7 Å². The molecule has 1 aliphatic rings. The van der Waals surface area contributed by atoms with Crippen LogP contribution in [0.15, 0.2) is 33.7 Å². The fourth-order valence-electron chi connectivity index (χ4n) is 3.60. The van der Waals surface area contributed by atoms with Crippen LogP contribution >= 0.6 is 15.9 Å². The summed E-state index contributed by atoms with van der Waals surface area (Å²) < 4.78 is 2.48. The van der Waals surface area contributed by atoms with Crippen molar-refractivity contribution in [1.29, 1.82) is 0 Å². The zero-order valence-electron chi connectivity index (χ0n) is 13.5. The van der Waals surface area contributed by atoms with E-state index in [1.54, 1.807) is 4.68 Å². The van der Waals surface area contributed by atoms with E-state index in [1.807, 2.05) is 24.3 Å². The molecule has 0 N–H and O–H groups in total. The van der Waals surface area contributed by atoms with Crippen molar-refractivity contribution < 1.29 is 0 Å². The van der Waals surface area contributed by atoms with E-state index in [0.717, 1.165) is 34.1 Å². The van der Waals surface area contributed by atoms with Gasteiger partial charge in [0.2, 0.25) is 0 Å². The van der Waals surface area contributed by atoms with E-state index in [2.05, 4.69) is 41.8 Å². The first kappa shape index (κ1) is 15.7. The van der Waals surface area contributed by atoms with Gasteiger partial charge >= 0.3 is 0 Å². The molecule has 1 aliphatic carbocycles. The molecular formula is C18H23BrN2O. The minimum Gasteiger partial charge on any atom is -0.267 e. The second kappa shape index (κ2) is 5.80. The molecule has 0 spiro atoms. The van der Waals surface area contributed by atoms with Gasteiger partial charge in [0.05, 0.1) is 11.4 Å². The van der Waals surface area contributed by atoms with Crippen LogP contribution in [0.1, 0.15) is 52.5 Å². The number of nitrogens with zero attached hydrogens (tertiary/aromatic N) is 2. The van der Waals surface area contributed by atoms with Crippen molar-refractivity contribution in [3.8, 4) is 0 Å². The molecule has 2 aromatic rings. The average molecular weight is 363 g/mol. The molecule has 0 aliphatic heterocycles. The molecular weight excluding hydrogens is 340 g/mol. The van der Waals surface area contributed by atoms with E-state index in [0.29, 0.717) is 5.41 Å². The van der Waals surface area contributed by atoms with E-state index in [1.165, 1.54) is 12.8 Å². The predicted molar refractivity (Wildman–Crippen MR) is 94.2 cm³/mol. The Morgan fingerprint density at radius 3 is 2.27 bits per heavy atom. The van der Waals surface area contributed by atoms with Crippen LogP contribution in [-0.4, -0.2) is 9.78 Å². The van der Waals surface area contributed by atoms with Crippen LogP contribution in [-0.2, 0) is 0 Å². The minimum absolute atomic E-state index is 0.0398. The third-order valence-corrected chi connectivity index (χ3v) is 5.64. The average Bonchev–Trinajstić information content (AvgIpc) is 2.50. The summed E-state index contributed by atoms with van der Waals surface area (Å²) in [5, 5.41) is 6.18. The molecule has 22 heavy (non-hydrogen) atoms. The Kier molecular flexibility index (Phi) is 4.15. The van der Waals surface area contributed by atoms with Gasteiger partial charge in [0.15, 0.2) is 0 Å². The van der Waals surface area contributed by atoms with Gasteiger partial charge in [-0.2, -0.15) is 5.10 Å². The first-order valence-corrected chi connectivity index (χ1v) is 8.84. The van der Waals surface area contributed by atoms with E-state index >= 15 is 0 Å². The molecule has 0 radical (unpaired) electrons. The van der Waals surface area contributed by atoms with Crippen molar-refractivity contribution in [2.75, 3.05) is 0 Å². The molecule has 0 unspecified atom stereocenters. The van der Waals surface area contributed by atoms with Crippen LogP contribution in [0.25, 0.3) is 10.8 Å². The van der Waals surface area contributed by atoms with Crippen LogP contribution in [0, 0.1) is 11.3 Å². The molecule has 118 valence electrons. The van der Waals surface area contributed by atoms with Crippen LogP contribution in [0.2, 0.25) is 0 Å². The SMILES string of the molecule is CC(C)(C)[C@H]1CC[C@@H](n2nc(Br)c3ccccc3c2=O)CC1. The number of hydrogen-bond donors (Lipinski definition) is 0. The summed E-state index contributed by atoms with van der Waals surface area (Å²) in [7, 11) is 0. The molecule has 4 heteroatoms. The largest absolute Gasteiger partial charge is 0.274 e. The van der Waals surface area contributed by atoms with Crippen LogP contribution in [0.5, 0.6) is 0 Å². The predicted octanol–water partition coefficient (Wildman–Crippen LogP) is 4.94. The first-order chi connectivity index (χ1) is 10.4. The standard InChI is InChI=1S/C18H23BrN2O/c1-18(2,3)12-8-10-13(11-9-12)21-17(22)15-7-5-4-6-14(15)16(19)20-21/h4-7,12-13H,8-11H2,1-3H3/t12-,13+. The Hall–Kier alpha value is -1.16. The van der Waals surface area contributed by atoms with Gasteiger partial charge in [0.25, 0.3) is 5.56 Å². The maximum absolute atomic E-state index is 12.7. The third-order valence-electron chi connectivity index (χ3n) is 5.05. The number of rotatable bonds is 1. The fraction of sp³-hybridized carbons (Fsp3) is 0.556. The molecule has 0 atom stereocenters. The Balaban J connectivity index is 1.92. The van der Waals surface area contributed by atoms with Gasteiger partial charge in [-0.1, -0.05) is 39.0 Å². The van der Waals surface area contributed by atoms with Gasteiger partial charge in [0, 0.05) is 5.39 Å². The summed E-state index contributed by atoms with van der Waals surface area (Å²) in [4.78, 5) is 12.7. The minimum atomic E-state index is 0.0398. The smallest absolute Gasteiger partial charge is 0.267 e. The Morgan fingerprint density at radius 1 is 1.09 bits per heavy atom. The Morgan fingerprint density at radius 2 is 1.68 bits per heavy atom. The summed E-state index contributed by atoms with van der Waals surface area (Å²) in [6, 6.07) is 7.91. The van der Waals surface area contributed by atoms with Crippen molar-refractivity contribution in [3.63, 3.8) is 0 Å². The lowest BCUT2D eigenvalue weighted by Gasteiger charge is -2.37. The highest BCUT2D eigenvalue weighted by Crippen LogP contribution is 2.41. The van der Waals surface area contributed by atoms with Crippen molar-refractivity contribution in [1.82, 2.24) is 9.78 Å². The van der Waals surface area contributed by atoms with E-state index in [9.17, 15) is 4.79 Å². The van der Waals surface area contributed by atoms with Crippen LogP contribution in [0.4, 0.5) is 0 Å². The topological polar surface area (TPSA) is 34.9 Å². The number of fused-ring (bicyclic) bond motifs is 1. The Labute approximate surface area is 139 Å². The zero-order chi connectivity index (χ0) is 15.9. The van der Waals surface area contributed by atoms with Gasteiger partial charge < -0.3 is 0 Å². The maximum Gasteiger partial charge on any atom is 0.274 e.